The first-order valence-corrected chi connectivity index (χ1v) is 8.86. The van der Waals surface area contributed by atoms with Gasteiger partial charge < -0.3 is 15.0 Å². The van der Waals surface area contributed by atoms with Crippen LogP contribution in [0.5, 0.6) is 0 Å². The molecule has 0 aliphatic carbocycles. The highest BCUT2D eigenvalue weighted by Crippen LogP contribution is 2.24. The number of benzene rings is 1. The van der Waals surface area contributed by atoms with Crippen LogP contribution in [-0.2, 0) is 4.74 Å². The van der Waals surface area contributed by atoms with Crippen molar-refractivity contribution in [2.75, 3.05) is 18.2 Å². The summed E-state index contributed by atoms with van der Waals surface area (Å²) in [6.45, 7) is 13.4. The first kappa shape index (κ1) is 20.4. The SMILES string of the molecule is C=NN(N=C)c1ccccc1C(=O)N1CCC[C@@H](NC(=O)OC(C)(C)C)C1. The zero-order valence-corrected chi connectivity index (χ0v) is 16.1. The van der Waals surface area contributed by atoms with Crippen LogP contribution in [0.4, 0.5) is 10.5 Å². The summed E-state index contributed by atoms with van der Waals surface area (Å²) in [7, 11) is 0. The van der Waals surface area contributed by atoms with Crippen LogP contribution >= 0.6 is 0 Å². The van der Waals surface area contributed by atoms with E-state index >= 15 is 0 Å². The number of likely N-dealkylation sites (tertiary alicyclic amines) is 1. The number of carbonyl (C=O) groups excluding carboxylic acids is 2. The molecule has 1 fully saturated rings. The van der Waals surface area contributed by atoms with Gasteiger partial charge in [0.25, 0.3) is 5.91 Å². The van der Waals surface area contributed by atoms with E-state index in [0.717, 1.165) is 12.8 Å². The maximum Gasteiger partial charge on any atom is 0.407 e. The molecule has 1 saturated heterocycles. The van der Waals surface area contributed by atoms with Crippen molar-refractivity contribution >= 4 is 31.1 Å². The highest BCUT2D eigenvalue weighted by molar-refractivity contribution is 6.00. The van der Waals surface area contributed by atoms with E-state index in [4.69, 9.17) is 4.74 Å². The Morgan fingerprint density at radius 3 is 2.56 bits per heavy atom. The zero-order valence-electron chi connectivity index (χ0n) is 16.1. The van der Waals surface area contributed by atoms with Crippen LogP contribution in [0.25, 0.3) is 0 Å². The van der Waals surface area contributed by atoms with Gasteiger partial charge >= 0.3 is 6.09 Å². The minimum Gasteiger partial charge on any atom is -0.444 e. The normalized spacial score (nSPS) is 17.0. The second kappa shape index (κ2) is 8.66. The molecule has 2 amide bonds. The Hall–Kier alpha value is -2.90. The Kier molecular flexibility index (Phi) is 6.55. The molecular formula is C19H27N5O3. The van der Waals surface area contributed by atoms with Gasteiger partial charge in [-0.05, 0) is 45.7 Å². The lowest BCUT2D eigenvalue weighted by molar-refractivity contribution is 0.0452. The molecule has 0 bridgehead atoms. The van der Waals surface area contributed by atoms with Crippen molar-refractivity contribution in [3.63, 3.8) is 0 Å². The van der Waals surface area contributed by atoms with Gasteiger partial charge in [-0.15, -0.1) is 0 Å². The van der Waals surface area contributed by atoms with Gasteiger partial charge in [-0.1, -0.05) is 12.1 Å². The molecule has 0 saturated carbocycles. The number of hydrazone groups is 2. The van der Waals surface area contributed by atoms with E-state index in [1.807, 2.05) is 20.8 Å². The van der Waals surface area contributed by atoms with Crippen molar-refractivity contribution in [1.29, 1.82) is 0 Å². The van der Waals surface area contributed by atoms with Gasteiger partial charge in [-0.3, -0.25) is 4.79 Å². The van der Waals surface area contributed by atoms with Gasteiger partial charge in [0.05, 0.1) is 11.3 Å². The molecule has 0 spiro atoms. The van der Waals surface area contributed by atoms with E-state index in [0.29, 0.717) is 24.3 Å². The van der Waals surface area contributed by atoms with Gasteiger partial charge in [-0.2, -0.15) is 15.3 Å². The van der Waals surface area contributed by atoms with Crippen molar-refractivity contribution in [3.8, 4) is 0 Å². The van der Waals surface area contributed by atoms with E-state index in [9.17, 15) is 9.59 Å². The number of hydrogen-bond donors (Lipinski definition) is 1. The molecule has 0 radical (unpaired) electrons. The minimum atomic E-state index is -0.563. The van der Waals surface area contributed by atoms with Crippen molar-refractivity contribution in [3.05, 3.63) is 29.8 Å². The number of nitrogens with zero attached hydrogens (tertiary/aromatic N) is 4. The Balaban J connectivity index is 2.10. The number of rotatable bonds is 5. The number of anilines is 1. The third-order valence-corrected chi connectivity index (χ3v) is 4.05. The van der Waals surface area contributed by atoms with Gasteiger partial charge in [-0.25, -0.2) is 4.79 Å². The number of para-hydroxylation sites is 1. The summed E-state index contributed by atoms with van der Waals surface area (Å²) in [4.78, 5) is 26.8. The van der Waals surface area contributed by atoms with Crippen LogP contribution in [0.1, 0.15) is 44.0 Å². The van der Waals surface area contributed by atoms with Crippen LogP contribution in [0.2, 0.25) is 0 Å². The van der Waals surface area contributed by atoms with E-state index < -0.39 is 11.7 Å². The molecular weight excluding hydrogens is 346 g/mol. The smallest absolute Gasteiger partial charge is 0.407 e. The Morgan fingerprint density at radius 2 is 1.93 bits per heavy atom. The summed E-state index contributed by atoms with van der Waals surface area (Å²) < 4.78 is 5.30. The maximum absolute atomic E-state index is 13.0. The highest BCUT2D eigenvalue weighted by atomic mass is 16.6. The molecule has 1 atom stereocenters. The van der Waals surface area contributed by atoms with Crippen LogP contribution in [0.15, 0.2) is 34.5 Å². The summed E-state index contributed by atoms with van der Waals surface area (Å²) in [5, 5.41) is 11.6. The fraction of sp³-hybridized carbons (Fsp3) is 0.474. The number of piperidine rings is 1. The summed E-state index contributed by atoms with van der Waals surface area (Å²) >= 11 is 0. The Morgan fingerprint density at radius 1 is 1.26 bits per heavy atom. The average molecular weight is 373 g/mol. The van der Waals surface area contributed by atoms with Gasteiger partial charge in [0.1, 0.15) is 5.60 Å². The van der Waals surface area contributed by atoms with Crippen molar-refractivity contribution in [1.82, 2.24) is 10.2 Å². The predicted molar refractivity (Wildman–Crippen MR) is 106 cm³/mol. The van der Waals surface area contributed by atoms with Crippen LogP contribution in [0, 0.1) is 0 Å². The molecule has 0 aromatic heterocycles. The lowest BCUT2D eigenvalue weighted by atomic mass is 10.0. The maximum atomic E-state index is 13.0. The monoisotopic (exact) mass is 373 g/mol. The number of alkyl carbamates (subject to hydrolysis) is 1. The van der Waals surface area contributed by atoms with Gasteiger partial charge in [0.2, 0.25) is 0 Å². The number of amides is 2. The molecule has 1 aliphatic heterocycles. The predicted octanol–water partition coefficient (Wildman–Crippen LogP) is 2.85. The number of nitrogens with one attached hydrogen (secondary N) is 1. The van der Waals surface area contributed by atoms with Gasteiger partial charge in [0, 0.05) is 32.6 Å². The largest absolute Gasteiger partial charge is 0.444 e. The zero-order chi connectivity index (χ0) is 20.0. The van der Waals surface area contributed by atoms with Crippen LogP contribution in [0.3, 0.4) is 0 Å². The van der Waals surface area contributed by atoms with E-state index in [1.54, 1.807) is 29.2 Å². The molecule has 27 heavy (non-hydrogen) atoms. The molecule has 8 heteroatoms. The average Bonchev–Trinajstić information content (AvgIpc) is 2.61. The molecule has 0 unspecified atom stereocenters. The first-order valence-electron chi connectivity index (χ1n) is 8.86. The van der Waals surface area contributed by atoms with Crippen LogP contribution < -0.4 is 10.4 Å². The number of hydrogen-bond acceptors (Lipinski definition) is 6. The first-order chi connectivity index (χ1) is 12.7. The Bertz CT molecular complexity index is 706. The van der Waals surface area contributed by atoms with E-state index in [-0.39, 0.29) is 11.9 Å². The van der Waals surface area contributed by atoms with E-state index in [2.05, 4.69) is 29.0 Å². The third kappa shape index (κ3) is 5.54. The molecule has 8 nitrogen and oxygen atoms in total. The molecule has 1 aromatic rings. The molecule has 1 heterocycles. The molecule has 1 aromatic carbocycles. The van der Waals surface area contributed by atoms with Crippen molar-refractivity contribution in [2.45, 2.75) is 45.3 Å². The summed E-state index contributed by atoms with van der Waals surface area (Å²) in [6.07, 6.45) is 1.11. The summed E-state index contributed by atoms with van der Waals surface area (Å²) in [6, 6.07) is 6.86. The van der Waals surface area contributed by atoms with E-state index in [1.165, 1.54) is 5.12 Å². The number of carbonyl (C=O) groups is 2. The number of ether oxygens (including phenoxy) is 1. The second-order valence-corrected chi connectivity index (χ2v) is 7.33. The summed E-state index contributed by atoms with van der Waals surface area (Å²) in [5.41, 5.74) is 0.399. The topological polar surface area (TPSA) is 86.6 Å². The van der Waals surface area contributed by atoms with Crippen molar-refractivity contribution in [2.24, 2.45) is 10.2 Å². The summed E-state index contributed by atoms with van der Waals surface area (Å²) in [5.74, 6) is -0.154. The Labute approximate surface area is 159 Å². The standard InChI is InChI=1S/C19H27N5O3/c1-19(2,3)27-18(26)22-14-9-8-12-23(13-14)17(25)15-10-6-7-11-16(15)24(20-4)21-5/h6-7,10-11,14H,4-5,8-9,12-13H2,1-3H3,(H,22,26)/t14-/m1/s1. The van der Waals surface area contributed by atoms with Crippen LogP contribution in [-0.4, -0.2) is 55.1 Å². The van der Waals surface area contributed by atoms with Crippen molar-refractivity contribution < 1.29 is 14.3 Å². The second-order valence-electron chi connectivity index (χ2n) is 7.33. The quantitative estimate of drug-likeness (QED) is 0.635. The molecule has 1 aliphatic rings. The molecule has 1 N–H and O–H groups in total. The lowest BCUT2D eigenvalue weighted by Gasteiger charge is -2.34. The molecule has 146 valence electrons. The van der Waals surface area contributed by atoms with Gasteiger partial charge in [0.15, 0.2) is 0 Å². The molecule has 2 rings (SSSR count). The highest BCUT2D eigenvalue weighted by Gasteiger charge is 2.28. The third-order valence-electron chi connectivity index (χ3n) is 4.05. The minimum absolute atomic E-state index is 0.154. The lowest BCUT2D eigenvalue weighted by Crippen LogP contribution is -2.50. The fourth-order valence-electron chi connectivity index (χ4n) is 2.95. The fourth-order valence-corrected chi connectivity index (χ4v) is 2.95.